The Kier molecular flexibility index (Phi) is 5.62. The van der Waals surface area contributed by atoms with Gasteiger partial charge in [-0.05, 0) is 56.0 Å². The van der Waals surface area contributed by atoms with Crippen LogP contribution in [0.4, 0.5) is 0 Å². The monoisotopic (exact) mass is 291 g/mol. The molecule has 0 aliphatic carbocycles. The molecule has 0 aromatic heterocycles. The third-order valence-electron chi connectivity index (χ3n) is 4.14. The van der Waals surface area contributed by atoms with Gasteiger partial charge in [-0.2, -0.15) is 0 Å². The number of ether oxygens (including phenoxy) is 1. The number of carboxylic acids is 1. The van der Waals surface area contributed by atoms with Crippen molar-refractivity contribution in [2.24, 2.45) is 0 Å². The van der Waals surface area contributed by atoms with E-state index in [1.54, 1.807) is 0 Å². The fraction of sp³-hybridized carbons (Fsp3) is 0.588. The summed E-state index contributed by atoms with van der Waals surface area (Å²) < 4.78 is 5.54. The number of hydrogen-bond acceptors (Lipinski definition) is 3. The molecule has 1 fully saturated rings. The van der Waals surface area contributed by atoms with Crippen LogP contribution in [-0.4, -0.2) is 35.2 Å². The van der Waals surface area contributed by atoms with Gasteiger partial charge in [0.05, 0.1) is 6.61 Å². The van der Waals surface area contributed by atoms with Crippen LogP contribution >= 0.6 is 0 Å². The van der Waals surface area contributed by atoms with Gasteiger partial charge in [0.1, 0.15) is 11.8 Å². The van der Waals surface area contributed by atoms with E-state index in [0.29, 0.717) is 13.2 Å². The van der Waals surface area contributed by atoms with Gasteiger partial charge < -0.3 is 9.84 Å². The van der Waals surface area contributed by atoms with Crippen LogP contribution in [0, 0.1) is 0 Å². The van der Waals surface area contributed by atoms with Gasteiger partial charge in [0.2, 0.25) is 0 Å². The summed E-state index contributed by atoms with van der Waals surface area (Å²) in [5.74, 6) is 0.199. The fourth-order valence-corrected chi connectivity index (χ4v) is 3.02. The average molecular weight is 291 g/mol. The summed E-state index contributed by atoms with van der Waals surface area (Å²) in [5.41, 5.74) is 2.46. The molecule has 1 unspecified atom stereocenters. The van der Waals surface area contributed by atoms with Crippen LogP contribution in [-0.2, 0) is 17.8 Å². The summed E-state index contributed by atoms with van der Waals surface area (Å²) in [6, 6.07) is 5.81. The minimum atomic E-state index is -0.696. The molecule has 0 spiro atoms. The van der Waals surface area contributed by atoms with Gasteiger partial charge in [-0.25, -0.2) is 0 Å². The van der Waals surface area contributed by atoms with E-state index in [4.69, 9.17) is 4.74 Å². The SMILES string of the molecule is CCOc1ccc(CN2CCCCC2C(=O)O)c(CC)c1. The van der Waals surface area contributed by atoms with E-state index < -0.39 is 5.97 Å². The Labute approximate surface area is 126 Å². The molecule has 1 aliphatic heterocycles. The van der Waals surface area contributed by atoms with Crippen LogP contribution < -0.4 is 4.74 Å². The third-order valence-corrected chi connectivity index (χ3v) is 4.14. The molecule has 0 radical (unpaired) electrons. The van der Waals surface area contributed by atoms with Crippen LogP contribution in [0.5, 0.6) is 5.75 Å². The summed E-state index contributed by atoms with van der Waals surface area (Å²) in [4.78, 5) is 13.5. The van der Waals surface area contributed by atoms with Gasteiger partial charge in [-0.15, -0.1) is 0 Å². The molecule has 116 valence electrons. The van der Waals surface area contributed by atoms with Gasteiger partial charge in [-0.3, -0.25) is 9.69 Å². The van der Waals surface area contributed by atoms with Gasteiger partial charge in [0.25, 0.3) is 0 Å². The minimum Gasteiger partial charge on any atom is -0.494 e. The number of aryl methyl sites for hydroxylation is 1. The molecule has 1 N–H and O–H groups in total. The van der Waals surface area contributed by atoms with E-state index >= 15 is 0 Å². The fourth-order valence-electron chi connectivity index (χ4n) is 3.02. The highest BCUT2D eigenvalue weighted by atomic mass is 16.5. The van der Waals surface area contributed by atoms with Gasteiger partial charge in [0, 0.05) is 6.54 Å². The molecule has 0 saturated carbocycles. The standard InChI is InChI=1S/C17H25NO3/c1-3-13-11-15(21-4-2)9-8-14(13)12-18-10-6-5-7-16(18)17(19)20/h8-9,11,16H,3-7,10,12H2,1-2H3,(H,19,20). The Hall–Kier alpha value is -1.55. The number of piperidine rings is 1. The van der Waals surface area contributed by atoms with Gasteiger partial charge in [-0.1, -0.05) is 19.4 Å². The average Bonchev–Trinajstić information content (AvgIpc) is 2.49. The van der Waals surface area contributed by atoms with Crippen molar-refractivity contribution >= 4 is 5.97 Å². The van der Waals surface area contributed by atoms with Crippen molar-refractivity contribution in [3.63, 3.8) is 0 Å². The van der Waals surface area contributed by atoms with Crippen LogP contribution in [0.2, 0.25) is 0 Å². The molecule has 0 bridgehead atoms. The highest BCUT2D eigenvalue weighted by molar-refractivity contribution is 5.73. The Morgan fingerprint density at radius 3 is 2.81 bits per heavy atom. The van der Waals surface area contributed by atoms with Gasteiger partial charge in [0.15, 0.2) is 0 Å². The second kappa shape index (κ2) is 7.46. The summed E-state index contributed by atoms with van der Waals surface area (Å²) in [5, 5.41) is 9.37. The number of likely N-dealkylation sites (tertiary alicyclic amines) is 1. The molecular weight excluding hydrogens is 266 g/mol. The van der Waals surface area contributed by atoms with Crippen molar-refractivity contribution in [3.8, 4) is 5.75 Å². The lowest BCUT2D eigenvalue weighted by atomic mass is 9.99. The second-order valence-corrected chi connectivity index (χ2v) is 5.54. The maximum Gasteiger partial charge on any atom is 0.320 e. The lowest BCUT2D eigenvalue weighted by Gasteiger charge is -2.33. The number of nitrogens with zero attached hydrogens (tertiary/aromatic N) is 1. The van der Waals surface area contributed by atoms with Crippen molar-refractivity contribution < 1.29 is 14.6 Å². The Morgan fingerprint density at radius 1 is 1.33 bits per heavy atom. The number of carboxylic acid groups (broad SMARTS) is 1. The number of benzene rings is 1. The van der Waals surface area contributed by atoms with Crippen molar-refractivity contribution in [2.75, 3.05) is 13.2 Å². The molecule has 1 atom stereocenters. The first-order valence-corrected chi connectivity index (χ1v) is 7.87. The maximum atomic E-state index is 11.4. The van der Waals surface area contributed by atoms with E-state index in [0.717, 1.165) is 38.0 Å². The quantitative estimate of drug-likeness (QED) is 0.875. The molecule has 1 saturated heterocycles. The molecule has 2 rings (SSSR count). The smallest absolute Gasteiger partial charge is 0.320 e. The van der Waals surface area contributed by atoms with Crippen molar-refractivity contribution in [1.29, 1.82) is 0 Å². The Balaban J connectivity index is 2.15. The van der Waals surface area contributed by atoms with Crippen LogP contribution in [0.25, 0.3) is 0 Å². The zero-order chi connectivity index (χ0) is 15.2. The maximum absolute atomic E-state index is 11.4. The second-order valence-electron chi connectivity index (χ2n) is 5.54. The summed E-state index contributed by atoms with van der Waals surface area (Å²) in [6.45, 7) is 6.35. The minimum absolute atomic E-state index is 0.338. The largest absolute Gasteiger partial charge is 0.494 e. The first-order valence-electron chi connectivity index (χ1n) is 7.87. The molecule has 1 heterocycles. The van der Waals surface area contributed by atoms with E-state index in [2.05, 4.69) is 24.0 Å². The van der Waals surface area contributed by atoms with E-state index in [1.807, 2.05) is 13.0 Å². The van der Waals surface area contributed by atoms with Crippen LogP contribution in [0.15, 0.2) is 18.2 Å². The molecule has 21 heavy (non-hydrogen) atoms. The van der Waals surface area contributed by atoms with Crippen molar-refractivity contribution in [3.05, 3.63) is 29.3 Å². The Morgan fingerprint density at radius 2 is 2.14 bits per heavy atom. The van der Waals surface area contributed by atoms with Crippen LogP contribution in [0.1, 0.15) is 44.2 Å². The van der Waals surface area contributed by atoms with Crippen molar-refractivity contribution in [1.82, 2.24) is 4.90 Å². The molecule has 0 amide bonds. The zero-order valence-corrected chi connectivity index (χ0v) is 13.0. The van der Waals surface area contributed by atoms with Crippen molar-refractivity contribution in [2.45, 2.75) is 52.1 Å². The highest BCUT2D eigenvalue weighted by Crippen LogP contribution is 2.24. The summed E-state index contributed by atoms with van der Waals surface area (Å²) >= 11 is 0. The number of aliphatic carboxylic acids is 1. The topological polar surface area (TPSA) is 49.8 Å². The molecule has 1 aromatic carbocycles. The Bertz CT molecular complexity index is 487. The molecular formula is C17H25NO3. The van der Waals surface area contributed by atoms with Gasteiger partial charge >= 0.3 is 5.97 Å². The number of hydrogen-bond donors (Lipinski definition) is 1. The lowest BCUT2D eigenvalue weighted by Crippen LogP contribution is -2.44. The number of carbonyl (C=O) groups is 1. The molecule has 4 heteroatoms. The predicted molar refractivity (Wildman–Crippen MR) is 82.7 cm³/mol. The first-order chi connectivity index (χ1) is 10.2. The summed E-state index contributed by atoms with van der Waals surface area (Å²) in [6.07, 6.45) is 3.79. The zero-order valence-electron chi connectivity index (χ0n) is 13.0. The number of rotatable bonds is 6. The lowest BCUT2D eigenvalue weighted by molar-refractivity contribution is -0.144. The normalized spacial score (nSPS) is 19.4. The van der Waals surface area contributed by atoms with E-state index in [9.17, 15) is 9.90 Å². The predicted octanol–water partition coefficient (Wildman–Crippen LogP) is 3.09. The van der Waals surface area contributed by atoms with Crippen LogP contribution in [0.3, 0.4) is 0 Å². The third kappa shape index (κ3) is 3.97. The summed E-state index contributed by atoms with van der Waals surface area (Å²) in [7, 11) is 0. The first kappa shape index (κ1) is 15.8. The van der Waals surface area contributed by atoms with E-state index in [-0.39, 0.29) is 6.04 Å². The molecule has 4 nitrogen and oxygen atoms in total. The van der Waals surface area contributed by atoms with E-state index in [1.165, 1.54) is 11.1 Å². The highest BCUT2D eigenvalue weighted by Gasteiger charge is 2.28. The molecule has 1 aromatic rings. The molecule has 1 aliphatic rings.